The Hall–Kier alpha value is -6.00. The first kappa shape index (κ1) is 26.4. The van der Waals surface area contributed by atoms with Crippen LogP contribution in [0.2, 0.25) is 0 Å². The van der Waals surface area contributed by atoms with E-state index in [0.29, 0.717) is 33.4 Å². The monoisotopic (exact) mass is 594 g/mol. The molecule has 1 unspecified atom stereocenters. The predicted octanol–water partition coefficient (Wildman–Crippen LogP) is 9.23. The molecule has 46 heavy (non-hydrogen) atoms. The maximum Gasteiger partial charge on any atom is 0.343 e. The average Bonchev–Trinajstić information content (AvgIpc) is 3.26. The van der Waals surface area contributed by atoms with Gasteiger partial charge in [0.05, 0.1) is 16.5 Å². The minimum absolute atomic E-state index is 0.243. The van der Waals surface area contributed by atoms with E-state index in [4.69, 9.17) is 9.47 Å². The summed E-state index contributed by atoms with van der Waals surface area (Å²) in [6, 6.07) is 38.7. The van der Waals surface area contributed by atoms with Gasteiger partial charge in [0.1, 0.15) is 11.5 Å². The molecule has 4 heteroatoms. The molecule has 4 aliphatic rings. The third-order valence-electron chi connectivity index (χ3n) is 9.43. The zero-order valence-electron chi connectivity index (χ0n) is 24.6. The van der Waals surface area contributed by atoms with Crippen molar-refractivity contribution in [3.05, 3.63) is 191 Å². The molecule has 0 aliphatic heterocycles. The molecule has 4 nitrogen and oxygen atoms in total. The van der Waals surface area contributed by atoms with Crippen LogP contribution in [0.4, 0.5) is 0 Å². The van der Waals surface area contributed by atoms with Gasteiger partial charge in [-0.2, -0.15) is 0 Å². The summed E-state index contributed by atoms with van der Waals surface area (Å²) in [4.78, 5) is 27.8. The molecule has 0 saturated heterocycles. The molecular formula is C42H26O4. The Balaban J connectivity index is 1.42. The van der Waals surface area contributed by atoms with Crippen molar-refractivity contribution in [3.63, 3.8) is 0 Å². The zero-order valence-corrected chi connectivity index (χ0v) is 24.6. The van der Waals surface area contributed by atoms with Crippen molar-refractivity contribution in [2.24, 2.45) is 0 Å². The third kappa shape index (κ3) is 3.80. The summed E-state index contributed by atoms with van der Waals surface area (Å²) in [5.74, 6) is -0.167. The maximum absolute atomic E-state index is 13.9. The minimum atomic E-state index is -0.764. The smallest absolute Gasteiger partial charge is 0.343 e. The summed E-state index contributed by atoms with van der Waals surface area (Å²) < 4.78 is 13.1. The molecule has 218 valence electrons. The Kier molecular flexibility index (Phi) is 5.75. The van der Waals surface area contributed by atoms with Crippen LogP contribution in [-0.2, 0) is 5.41 Å². The van der Waals surface area contributed by atoms with Crippen LogP contribution in [0.25, 0.3) is 21.5 Å². The highest BCUT2D eigenvalue weighted by Crippen LogP contribution is 2.63. The third-order valence-corrected chi connectivity index (χ3v) is 9.43. The molecule has 10 rings (SSSR count). The van der Waals surface area contributed by atoms with Gasteiger partial charge in [0, 0.05) is 27.8 Å². The number of benzene rings is 6. The van der Waals surface area contributed by atoms with Gasteiger partial charge in [-0.15, -0.1) is 0 Å². The van der Waals surface area contributed by atoms with Crippen molar-refractivity contribution >= 4 is 33.5 Å². The standard InChI is InChI=1S/C42H26O4/c43-40(26-13-3-1-4-14-26)45-38-32-23-28-17-7-8-18-29(28)24-33(32)39(46-41(44)27-15-5-2-6-16-27)37-36(38)35-30-19-11-12-22-42(37,25-30)34-21-10-9-20-31(34)35/h1-25,35H/t35-,42?/m1/s1. The van der Waals surface area contributed by atoms with Crippen LogP contribution in [0, 0.1) is 0 Å². The van der Waals surface area contributed by atoms with Gasteiger partial charge in [-0.1, -0.05) is 115 Å². The summed E-state index contributed by atoms with van der Waals surface area (Å²) in [6.07, 6.45) is 10.7. The zero-order chi connectivity index (χ0) is 30.8. The van der Waals surface area contributed by atoms with E-state index in [1.807, 2.05) is 78.9 Å². The number of carbonyl (C=O) groups is 2. The second kappa shape index (κ2) is 10.0. The second-order valence-corrected chi connectivity index (χ2v) is 12.0. The van der Waals surface area contributed by atoms with Crippen LogP contribution in [0.1, 0.15) is 48.9 Å². The largest absolute Gasteiger partial charge is 0.422 e. The molecule has 0 heterocycles. The normalized spacial score (nSPS) is 18.4. The van der Waals surface area contributed by atoms with Crippen molar-refractivity contribution in [1.29, 1.82) is 0 Å². The average molecular weight is 595 g/mol. The second-order valence-electron chi connectivity index (χ2n) is 12.0. The number of carbonyl (C=O) groups excluding carboxylic acids is 2. The highest BCUT2D eigenvalue weighted by atomic mass is 16.5. The van der Waals surface area contributed by atoms with E-state index in [-0.39, 0.29) is 5.92 Å². The lowest BCUT2D eigenvalue weighted by molar-refractivity contribution is 0.0719. The Bertz CT molecular complexity index is 2350. The van der Waals surface area contributed by atoms with E-state index in [1.165, 1.54) is 0 Å². The van der Waals surface area contributed by atoms with Crippen molar-refractivity contribution in [2.45, 2.75) is 11.3 Å². The van der Waals surface area contributed by atoms with Crippen LogP contribution in [-0.4, -0.2) is 11.9 Å². The fraction of sp³-hybridized carbons (Fsp3) is 0.0476. The Morgan fingerprint density at radius 3 is 1.85 bits per heavy atom. The molecular weight excluding hydrogens is 568 g/mol. The molecule has 0 radical (unpaired) electrons. The van der Waals surface area contributed by atoms with Gasteiger partial charge in [-0.05, 0) is 63.9 Å². The predicted molar refractivity (Wildman–Crippen MR) is 180 cm³/mol. The molecule has 6 aromatic rings. The fourth-order valence-electron chi connectivity index (χ4n) is 7.48. The van der Waals surface area contributed by atoms with Crippen LogP contribution in [0.15, 0.2) is 157 Å². The van der Waals surface area contributed by atoms with Gasteiger partial charge in [0.15, 0.2) is 0 Å². The summed E-state index contributed by atoms with van der Waals surface area (Å²) in [5, 5.41) is 3.39. The van der Waals surface area contributed by atoms with Gasteiger partial charge < -0.3 is 9.47 Å². The number of fused-ring (bicyclic) bond motifs is 2. The molecule has 0 saturated carbocycles. The number of allylic oxidation sites excluding steroid dienone is 6. The lowest BCUT2D eigenvalue weighted by atomic mass is 9.56. The quantitative estimate of drug-likeness (QED) is 0.116. The lowest BCUT2D eigenvalue weighted by Gasteiger charge is -2.47. The molecule has 0 amide bonds. The maximum atomic E-state index is 13.9. The van der Waals surface area contributed by atoms with Crippen LogP contribution >= 0.6 is 0 Å². The van der Waals surface area contributed by atoms with Gasteiger partial charge in [-0.3, -0.25) is 0 Å². The van der Waals surface area contributed by atoms with E-state index < -0.39 is 17.4 Å². The first-order valence-corrected chi connectivity index (χ1v) is 15.4. The Labute approximate surface area is 265 Å². The number of rotatable bonds is 4. The van der Waals surface area contributed by atoms with Gasteiger partial charge in [0.25, 0.3) is 0 Å². The van der Waals surface area contributed by atoms with Gasteiger partial charge >= 0.3 is 11.9 Å². The van der Waals surface area contributed by atoms with E-state index in [9.17, 15) is 9.59 Å². The SMILES string of the molecule is O=C(Oc1c2c(c(OC(=O)c3ccccc3)c3cc4ccccc4cc13)C13C=CC=CC(=C1)[C@@H]2c1ccccc13)c1ccccc1. The molecule has 2 atom stereocenters. The molecule has 4 aliphatic carbocycles. The lowest BCUT2D eigenvalue weighted by Crippen LogP contribution is -2.38. The van der Waals surface area contributed by atoms with Crippen LogP contribution in [0.5, 0.6) is 11.5 Å². The van der Waals surface area contributed by atoms with Crippen LogP contribution < -0.4 is 9.47 Å². The van der Waals surface area contributed by atoms with E-state index in [0.717, 1.165) is 38.6 Å². The summed E-state index contributed by atoms with van der Waals surface area (Å²) in [7, 11) is 0. The highest BCUT2D eigenvalue weighted by molar-refractivity contribution is 6.09. The Morgan fingerprint density at radius 1 is 0.609 bits per heavy atom. The van der Waals surface area contributed by atoms with E-state index in [2.05, 4.69) is 48.6 Å². The van der Waals surface area contributed by atoms with Crippen molar-refractivity contribution in [2.75, 3.05) is 0 Å². The summed E-state index contributed by atoms with van der Waals surface area (Å²) in [6.45, 7) is 0. The first-order chi connectivity index (χ1) is 22.6. The Morgan fingerprint density at radius 2 is 1.17 bits per heavy atom. The summed E-state index contributed by atoms with van der Waals surface area (Å²) in [5.41, 5.74) is 5.18. The van der Waals surface area contributed by atoms with Crippen molar-refractivity contribution in [3.8, 4) is 11.5 Å². The molecule has 0 aromatic heterocycles. The van der Waals surface area contributed by atoms with Crippen molar-refractivity contribution < 1.29 is 19.1 Å². The molecule has 3 bridgehead atoms. The first-order valence-electron chi connectivity index (χ1n) is 15.4. The number of hydrogen-bond donors (Lipinski definition) is 0. The molecule has 0 N–H and O–H groups in total. The fourth-order valence-corrected chi connectivity index (χ4v) is 7.48. The molecule has 0 fully saturated rings. The minimum Gasteiger partial charge on any atom is -0.422 e. The van der Waals surface area contributed by atoms with Gasteiger partial charge in [-0.25, -0.2) is 9.59 Å². The molecule has 1 spiro atoms. The van der Waals surface area contributed by atoms with Gasteiger partial charge in [0.2, 0.25) is 0 Å². The highest BCUT2D eigenvalue weighted by Gasteiger charge is 2.51. The number of esters is 2. The summed E-state index contributed by atoms with van der Waals surface area (Å²) >= 11 is 0. The van der Waals surface area contributed by atoms with E-state index >= 15 is 0 Å². The van der Waals surface area contributed by atoms with Crippen molar-refractivity contribution in [1.82, 2.24) is 0 Å². The number of ether oxygens (including phenoxy) is 2. The van der Waals surface area contributed by atoms with Crippen LogP contribution in [0.3, 0.4) is 0 Å². The topological polar surface area (TPSA) is 52.6 Å². The number of hydrogen-bond acceptors (Lipinski definition) is 4. The van der Waals surface area contributed by atoms with E-state index in [1.54, 1.807) is 24.3 Å². The molecule has 6 aromatic carbocycles.